The zero-order valence-corrected chi connectivity index (χ0v) is 16.9. The van der Waals surface area contributed by atoms with Gasteiger partial charge in [0.25, 0.3) is 5.91 Å². The van der Waals surface area contributed by atoms with Gasteiger partial charge in [0.1, 0.15) is 5.76 Å². The molecule has 0 aliphatic carbocycles. The van der Waals surface area contributed by atoms with Crippen molar-refractivity contribution in [3.63, 3.8) is 0 Å². The second kappa shape index (κ2) is 7.49. The summed E-state index contributed by atoms with van der Waals surface area (Å²) in [6.45, 7) is 9.10. The summed E-state index contributed by atoms with van der Waals surface area (Å²) in [5.74, 6) is 0.719. The molecular weight excluding hydrogens is 398 g/mol. The van der Waals surface area contributed by atoms with Gasteiger partial charge in [-0.05, 0) is 61.8 Å². The Morgan fingerprint density at radius 1 is 1.31 bits per heavy atom. The molecule has 3 aromatic rings. The molecule has 26 heavy (non-hydrogen) atoms. The van der Waals surface area contributed by atoms with Crippen molar-refractivity contribution in [1.29, 1.82) is 0 Å². The number of hydrogen-bond acceptors (Lipinski definition) is 4. The Labute approximate surface area is 160 Å². The van der Waals surface area contributed by atoms with Crippen LogP contribution in [0, 0.1) is 13.8 Å². The predicted molar refractivity (Wildman–Crippen MR) is 101 cm³/mol. The Hall–Kier alpha value is -2.35. The molecule has 0 bridgehead atoms. The lowest BCUT2D eigenvalue weighted by atomic mass is 10.2. The molecule has 0 saturated heterocycles. The summed E-state index contributed by atoms with van der Waals surface area (Å²) < 4.78 is 10.4. The van der Waals surface area contributed by atoms with Crippen LogP contribution in [0.4, 0.5) is 0 Å². The van der Waals surface area contributed by atoms with Crippen molar-refractivity contribution < 1.29 is 9.21 Å². The van der Waals surface area contributed by atoms with E-state index in [1.807, 2.05) is 43.1 Å². The van der Waals surface area contributed by atoms with Gasteiger partial charge in [0.15, 0.2) is 5.76 Å². The van der Waals surface area contributed by atoms with Crippen LogP contribution in [0.1, 0.15) is 53.3 Å². The molecule has 3 rings (SSSR count). The van der Waals surface area contributed by atoms with Crippen LogP contribution in [0.5, 0.6) is 0 Å². The minimum Gasteiger partial charge on any atom is -0.454 e. The summed E-state index contributed by atoms with van der Waals surface area (Å²) in [4.78, 5) is 12.5. The lowest BCUT2D eigenvalue weighted by Gasteiger charge is -2.14. The largest absolute Gasteiger partial charge is 0.454 e. The lowest BCUT2D eigenvalue weighted by Crippen LogP contribution is -2.28. The van der Waals surface area contributed by atoms with Crippen LogP contribution in [0.25, 0.3) is 0 Å². The van der Waals surface area contributed by atoms with Gasteiger partial charge in [0, 0.05) is 12.7 Å². The molecule has 3 heterocycles. The molecular formula is C18H22BrN5O2. The standard InChI is InChI=1S/C18H22BrN5O2/c1-5-23-15(8-9-20-23)11(2)21-18(25)16-7-6-14(26-16)10-24-13(4)17(19)12(3)22-24/h6-9,11H,5,10H2,1-4H3,(H,21,25). The number of halogens is 1. The third-order valence-electron chi connectivity index (χ3n) is 4.32. The van der Waals surface area contributed by atoms with Gasteiger partial charge in [-0.1, -0.05) is 0 Å². The maximum atomic E-state index is 12.5. The molecule has 0 spiro atoms. The Morgan fingerprint density at radius 3 is 2.73 bits per heavy atom. The molecule has 0 aliphatic rings. The molecule has 7 nitrogen and oxygen atoms in total. The van der Waals surface area contributed by atoms with Gasteiger partial charge in [-0.25, -0.2) is 0 Å². The van der Waals surface area contributed by atoms with Crippen LogP contribution in [-0.2, 0) is 13.1 Å². The van der Waals surface area contributed by atoms with Gasteiger partial charge in [-0.15, -0.1) is 0 Å². The summed E-state index contributed by atoms with van der Waals surface area (Å²) in [5, 5.41) is 11.6. The summed E-state index contributed by atoms with van der Waals surface area (Å²) in [5.41, 5.74) is 2.90. The van der Waals surface area contributed by atoms with Crippen LogP contribution in [0.3, 0.4) is 0 Å². The molecule has 1 N–H and O–H groups in total. The first kappa shape index (κ1) is 18.4. The Bertz CT molecular complexity index is 924. The van der Waals surface area contributed by atoms with E-state index in [0.29, 0.717) is 12.3 Å². The molecule has 3 aromatic heterocycles. The average Bonchev–Trinajstić information content (AvgIpc) is 3.32. The third kappa shape index (κ3) is 3.60. The number of carbonyl (C=O) groups is 1. The fraction of sp³-hybridized carbons (Fsp3) is 0.389. The smallest absolute Gasteiger partial charge is 0.287 e. The zero-order chi connectivity index (χ0) is 18.8. The fourth-order valence-electron chi connectivity index (χ4n) is 2.88. The summed E-state index contributed by atoms with van der Waals surface area (Å²) in [6.07, 6.45) is 1.74. The van der Waals surface area contributed by atoms with E-state index in [-0.39, 0.29) is 17.7 Å². The number of carbonyl (C=O) groups excluding carboxylic acids is 1. The van der Waals surface area contributed by atoms with E-state index in [9.17, 15) is 4.79 Å². The molecule has 1 atom stereocenters. The number of furan rings is 1. The van der Waals surface area contributed by atoms with E-state index >= 15 is 0 Å². The van der Waals surface area contributed by atoms with Crippen molar-refractivity contribution >= 4 is 21.8 Å². The van der Waals surface area contributed by atoms with Gasteiger partial charge >= 0.3 is 0 Å². The van der Waals surface area contributed by atoms with E-state index in [1.165, 1.54) is 0 Å². The Morgan fingerprint density at radius 2 is 2.08 bits per heavy atom. The van der Waals surface area contributed by atoms with Crippen molar-refractivity contribution in [3.05, 3.63) is 57.5 Å². The molecule has 0 aliphatic heterocycles. The molecule has 0 saturated carbocycles. The van der Waals surface area contributed by atoms with Gasteiger partial charge in [-0.2, -0.15) is 10.2 Å². The topological polar surface area (TPSA) is 77.9 Å². The number of nitrogens with one attached hydrogen (secondary N) is 1. The SMILES string of the molecule is CCn1nccc1C(C)NC(=O)c1ccc(Cn2nc(C)c(Br)c2C)o1. The van der Waals surface area contributed by atoms with Crippen LogP contribution in [-0.4, -0.2) is 25.5 Å². The first-order chi connectivity index (χ1) is 12.4. The second-order valence-corrected chi connectivity index (χ2v) is 6.97. The van der Waals surface area contributed by atoms with Gasteiger partial charge in [0.05, 0.1) is 34.1 Å². The molecule has 1 unspecified atom stereocenters. The summed E-state index contributed by atoms with van der Waals surface area (Å²) in [7, 11) is 0. The van der Waals surface area contributed by atoms with Crippen LogP contribution >= 0.6 is 15.9 Å². The number of nitrogens with zero attached hydrogens (tertiary/aromatic N) is 4. The van der Waals surface area contributed by atoms with Crippen molar-refractivity contribution in [2.24, 2.45) is 0 Å². The Kier molecular flexibility index (Phi) is 5.31. The molecule has 1 amide bonds. The molecule has 138 valence electrons. The van der Waals surface area contributed by atoms with Gasteiger partial charge < -0.3 is 9.73 Å². The molecule has 0 radical (unpaired) electrons. The number of aryl methyl sites for hydroxylation is 2. The monoisotopic (exact) mass is 419 g/mol. The minimum atomic E-state index is -0.248. The third-order valence-corrected chi connectivity index (χ3v) is 5.47. The van der Waals surface area contributed by atoms with E-state index in [2.05, 4.69) is 31.4 Å². The summed E-state index contributed by atoms with van der Waals surface area (Å²) in [6, 6.07) is 5.24. The van der Waals surface area contributed by atoms with E-state index in [4.69, 9.17) is 4.42 Å². The fourth-order valence-corrected chi connectivity index (χ4v) is 3.16. The van der Waals surface area contributed by atoms with Crippen LogP contribution in [0.2, 0.25) is 0 Å². The number of rotatable bonds is 6. The highest BCUT2D eigenvalue weighted by Gasteiger charge is 2.18. The van der Waals surface area contributed by atoms with Crippen molar-refractivity contribution in [2.45, 2.75) is 46.8 Å². The highest BCUT2D eigenvalue weighted by molar-refractivity contribution is 9.10. The number of amides is 1. The average molecular weight is 420 g/mol. The molecule has 8 heteroatoms. The zero-order valence-electron chi connectivity index (χ0n) is 15.3. The number of hydrogen-bond donors (Lipinski definition) is 1. The predicted octanol–water partition coefficient (Wildman–Crippen LogP) is 3.61. The maximum Gasteiger partial charge on any atom is 0.287 e. The quantitative estimate of drug-likeness (QED) is 0.661. The minimum absolute atomic E-state index is 0.162. The second-order valence-electron chi connectivity index (χ2n) is 6.18. The van der Waals surface area contributed by atoms with E-state index in [1.54, 1.807) is 18.3 Å². The Balaban J connectivity index is 1.69. The summed E-state index contributed by atoms with van der Waals surface area (Å²) >= 11 is 3.51. The number of aromatic nitrogens is 4. The molecule has 0 fully saturated rings. The first-order valence-electron chi connectivity index (χ1n) is 8.51. The van der Waals surface area contributed by atoms with Gasteiger partial charge in [0.2, 0.25) is 0 Å². The van der Waals surface area contributed by atoms with Crippen molar-refractivity contribution in [2.75, 3.05) is 0 Å². The highest BCUT2D eigenvalue weighted by atomic mass is 79.9. The normalized spacial score (nSPS) is 12.3. The van der Waals surface area contributed by atoms with E-state index < -0.39 is 0 Å². The first-order valence-corrected chi connectivity index (χ1v) is 9.30. The van der Waals surface area contributed by atoms with Crippen molar-refractivity contribution in [3.8, 4) is 0 Å². The van der Waals surface area contributed by atoms with Gasteiger partial charge in [-0.3, -0.25) is 14.2 Å². The van der Waals surface area contributed by atoms with E-state index in [0.717, 1.165) is 28.1 Å². The van der Waals surface area contributed by atoms with Crippen molar-refractivity contribution in [1.82, 2.24) is 24.9 Å². The highest BCUT2D eigenvalue weighted by Crippen LogP contribution is 2.21. The lowest BCUT2D eigenvalue weighted by molar-refractivity contribution is 0.0908. The molecule has 0 aromatic carbocycles. The van der Waals surface area contributed by atoms with Crippen LogP contribution < -0.4 is 5.32 Å². The van der Waals surface area contributed by atoms with Crippen LogP contribution in [0.15, 0.2) is 33.3 Å². The maximum absolute atomic E-state index is 12.5.